The molecule has 1 aliphatic rings. The predicted molar refractivity (Wildman–Crippen MR) is 125 cm³/mol. The summed E-state index contributed by atoms with van der Waals surface area (Å²) in [5, 5.41) is 36.5. The third-order valence-electron chi connectivity index (χ3n) is 5.60. The molecule has 11 heteroatoms. The predicted octanol–water partition coefficient (Wildman–Crippen LogP) is 0.170. The topological polar surface area (TPSA) is 151 Å². The van der Waals surface area contributed by atoms with Gasteiger partial charge in [-0.25, -0.2) is 4.98 Å². The first kappa shape index (κ1) is 25.5. The van der Waals surface area contributed by atoms with Gasteiger partial charge in [0.05, 0.1) is 49.8 Å². The third-order valence-corrected chi connectivity index (χ3v) is 5.60. The molecule has 0 spiro atoms. The second-order valence-corrected chi connectivity index (χ2v) is 7.85. The van der Waals surface area contributed by atoms with E-state index in [0.29, 0.717) is 59.9 Å². The Bertz CT molecular complexity index is 1040. The zero-order chi connectivity index (χ0) is 24.7. The van der Waals surface area contributed by atoms with E-state index in [0.717, 1.165) is 0 Å². The van der Waals surface area contributed by atoms with Crippen molar-refractivity contribution < 1.29 is 29.5 Å². The summed E-state index contributed by atoms with van der Waals surface area (Å²) >= 11 is 0. The lowest BCUT2D eigenvalue weighted by Crippen LogP contribution is -2.36. The molecule has 3 rings (SSSR count). The Morgan fingerprint density at radius 3 is 2.50 bits per heavy atom. The van der Waals surface area contributed by atoms with Crippen LogP contribution in [0.15, 0.2) is 12.1 Å². The monoisotopic (exact) mass is 473 g/mol. The van der Waals surface area contributed by atoms with Crippen LogP contribution >= 0.6 is 0 Å². The molecule has 0 aromatic carbocycles. The van der Waals surface area contributed by atoms with Crippen LogP contribution in [-0.4, -0.2) is 89.6 Å². The fourth-order valence-corrected chi connectivity index (χ4v) is 3.71. The summed E-state index contributed by atoms with van der Waals surface area (Å²) in [6.07, 6.45) is -1.73. The van der Waals surface area contributed by atoms with Gasteiger partial charge in [0.1, 0.15) is 11.9 Å². The molecule has 1 saturated carbocycles. The van der Waals surface area contributed by atoms with Crippen molar-refractivity contribution in [1.29, 1.82) is 0 Å². The van der Waals surface area contributed by atoms with Crippen molar-refractivity contribution >= 4 is 11.8 Å². The van der Waals surface area contributed by atoms with Crippen molar-refractivity contribution in [3.63, 3.8) is 0 Å². The lowest BCUT2D eigenvalue weighted by molar-refractivity contribution is 0.00445. The molecule has 11 nitrogen and oxygen atoms in total. The molecule has 184 valence electrons. The third kappa shape index (κ3) is 5.84. The summed E-state index contributed by atoms with van der Waals surface area (Å²) in [7, 11) is 4.62. The molecule has 0 radical (unpaired) electrons. The van der Waals surface area contributed by atoms with Gasteiger partial charge in [0, 0.05) is 32.2 Å². The van der Waals surface area contributed by atoms with Gasteiger partial charge in [0.25, 0.3) is 0 Å². The van der Waals surface area contributed by atoms with Crippen LogP contribution in [0, 0.1) is 24.7 Å². The summed E-state index contributed by atoms with van der Waals surface area (Å²) in [6.45, 7) is 2.56. The fourth-order valence-electron chi connectivity index (χ4n) is 3.71. The minimum atomic E-state index is -1.07. The van der Waals surface area contributed by atoms with Gasteiger partial charge in [-0.05, 0) is 19.4 Å². The zero-order valence-electron chi connectivity index (χ0n) is 19.7. The molecule has 1 fully saturated rings. The van der Waals surface area contributed by atoms with Crippen LogP contribution in [0.4, 0.5) is 11.8 Å². The quantitative estimate of drug-likeness (QED) is 0.250. The van der Waals surface area contributed by atoms with Gasteiger partial charge in [0.2, 0.25) is 17.7 Å². The zero-order valence-corrected chi connectivity index (χ0v) is 19.7. The molecule has 5 N–H and O–H groups in total. The summed E-state index contributed by atoms with van der Waals surface area (Å²) < 4.78 is 15.5. The number of nitrogens with one attached hydrogen (secondary N) is 2. The van der Waals surface area contributed by atoms with E-state index < -0.39 is 24.2 Å². The molecule has 34 heavy (non-hydrogen) atoms. The fraction of sp³-hybridized carbons (Fsp3) is 0.522. The molecular weight excluding hydrogens is 442 g/mol. The Morgan fingerprint density at radius 2 is 1.85 bits per heavy atom. The molecule has 2 heterocycles. The Kier molecular flexibility index (Phi) is 8.84. The van der Waals surface area contributed by atoms with Gasteiger partial charge in [-0.3, -0.25) is 0 Å². The molecule has 0 saturated heterocycles. The van der Waals surface area contributed by atoms with E-state index in [9.17, 15) is 15.3 Å². The van der Waals surface area contributed by atoms with Gasteiger partial charge in [-0.2, -0.15) is 9.97 Å². The number of methoxy groups -OCH3 is 3. The maximum Gasteiger partial charge on any atom is 0.232 e. The number of aliphatic hydroxyl groups excluding tert-OH is 3. The van der Waals surface area contributed by atoms with Crippen molar-refractivity contribution in [2.24, 2.45) is 5.92 Å². The minimum absolute atomic E-state index is 0.222. The number of hydrogen-bond donors (Lipinski definition) is 5. The van der Waals surface area contributed by atoms with E-state index in [1.807, 2.05) is 0 Å². The van der Waals surface area contributed by atoms with Crippen molar-refractivity contribution in [3.05, 3.63) is 29.0 Å². The van der Waals surface area contributed by atoms with Crippen molar-refractivity contribution in [1.82, 2.24) is 15.0 Å². The molecular formula is C23H31N5O6. The Labute approximate surface area is 198 Å². The van der Waals surface area contributed by atoms with Crippen LogP contribution < -0.4 is 20.1 Å². The van der Waals surface area contributed by atoms with Crippen LogP contribution in [0.2, 0.25) is 0 Å². The normalized spacial score (nSPS) is 21.5. The molecule has 2 aromatic heterocycles. The second kappa shape index (κ2) is 11.8. The first-order valence-corrected chi connectivity index (χ1v) is 10.9. The number of aryl methyl sites for hydroxylation is 1. The van der Waals surface area contributed by atoms with E-state index in [1.165, 1.54) is 14.2 Å². The van der Waals surface area contributed by atoms with Gasteiger partial charge < -0.3 is 40.2 Å². The highest BCUT2D eigenvalue weighted by molar-refractivity contribution is 5.61. The maximum absolute atomic E-state index is 10.5. The van der Waals surface area contributed by atoms with Crippen LogP contribution in [0.1, 0.15) is 23.2 Å². The Morgan fingerprint density at radius 1 is 1.06 bits per heavy atom. The highest BCUT2D eigenvalue weighted by Gasteiger charge is 2.41. The SMILES string of the molecule is COCCNc1nc(C)c(C#Cc2ccc(OC)nc2OC)c(N[C@@H]2C[C@H](CO)[C@@H](O)[C@H]2O)n1. The number of anilines is 2. The highest BCUT2D eigenvalue weighted by atomic mass is 16.5. The molecule has 2 aromatic rings. The number of aliphatic hydroxyl groups is 3. The summed E-state index contributed by atoms with van der Waals surface area (Å²) in [6, 6.07) is 2.90. The van der Waals surface area contributed by atoms with E-state index in [2.05, 4.69) is 37.4 Å². The number of hydrogen-bond acceptors (Lipinski definition) is 11. The molecule has 0 bridgehead atoms. The van der Waals surface area contributed by atoms with E-state index in [-0.39, 0.29) is 6.61 Å². The van der Waals surface area contributed by atoms with Gasteiger partial charge >= 0.3 is 0 Å². The minimum Gasteiger partial charge on any atom is -0.481 e. The number of ether oxygens (including phenoxy) is 3. The van der Waals surface area contributed by atoms with Crippen molar-refractivity contribution in [2.75, 3.05) is 51.7 Å². The number of aromatic nitrogens is 3. The average molecular weight is 474 g/mol. The molecule has 0 amide bonds. The Balaban J connectivity index is 1.97. The summed E-state index contributed by atoms with van der Waals surface area (Å²) in [5.41, 5.74) is 1.68. The van der Waals surface area contributed by atoms with Crippen LogP contribution in [0.5, 0.6) is 11.8 Å². The highest BCUT2D eigenvalue weighted by Crippen LogP contribution is 2.30. The molecule has 0 unspecified atom stereocenters. The van der Waals surface area contributed by atoms with E-state index in [1.54, 1.807) is 26.2 Å². The molecule has 0 aliphatic heterocycles. The first-order chi connectivity index (χ1) is 16.4. The smallest absolute Gasteiger partial charge is 0.232 e. The summed E-state index contributed by atoms with van der Waals surface area (Å²) in [4.78, 5) is 13.3. The first-order valence-electron chi connectivity index (χ1n) is 10.9. The number of nitrogens with zero attached hydrogens (tertiary/aromatic N) is 3. The lowest BCUT2D eigenvalue weighted by Gasteiger charge is -2.20. The van der Waals surface area contributed by atoms with Crippen LogP contribution in [-0.2, 0) is 4.74 Å². The van der Waals surface area contributed by atoms with E-state index in [4.69, 9.17) is 14.2 Å². The maximum atomic E-state index is 10.5. The van der Waals surface area contributed by atoms with Crippen molar-refractivity contribution in [2.45, 2.75) is 31.6 Å². The molecule has 4 atom stereocenters. The van der Waals surface area contributed by atoms with Gasteiger partial charge in [-0.15, -0.1) is 0 Å². The summed E-state index contributed by atoms with van der Waals surface area (Å²) in [5.74, 6) is 7.19. The van der Waals surface area contributed by atoms with Crippen LogP contribution in [0.3, 0.4) is 0 Å². The largest absolute Gasteiger partial charge is 0.481 e. The number of rotatable bonds is 9. The standard InChI is InChI=1S/C23H31N5O6/c1-13-16(7-5-14-6-8-18(33-3)27-22(14)34-4)21(28-23(25-13)24-9-10-32-2)26-17-11-15(12-29)19(30)20(17)31/h6,8,15,17,19-20,29-31H,9-12H2,1-4H3,(H2,24,25,26,28)/t15-,17-,19-,20+/m1/s1. The van der Waals surface area contributed by atoms with Crippen molar-refractivity contribution in [3.8, 4) is 23.6 Å². The average Bonchev–Trinajstić information content (AvgIpc) is 3.11. The number of pyridine rings is 1. The van der Waals surface area contributed by atoms with Gasteiger partial charge in [-0.1, -0.05) is 11.8 Å². The van der Waals surface area contributed by atoms with E-state index >= 15 is 0 Å². The lowest BCUT2D eigenvalue weighted by atomic mass is 10.1. The Hall–Kier alpha value is -3.17. The van der Waals surface area contributed by atoms with Gasteiger partial charge in [0.15, 0.2) is 0 Å². The molecule has 1 aliphatic carbocycles. The second-order valence-electron chi connectivity index (χ2n) is 7.85. The van der Waals surface area contributed by atoms with Crippen LogP contribution in [0.25, 0.3) is 0 Å².